The van der Waals surface area contributed by atoms with Crippen LogP contribution in [0.25, 0.3) is 0 Å². The number of rotatable bonds is 8. The van der Waals surface area contributed by atoms with Crippen molar-refractivity contribution in [2.24, 2.45) is 5.73 Å². The van der Waals surface area contributed by atoms with Gasteiger partial charge in [-0.25, -0.2) is 4.39 Å². The number of alkyl halides is 3. The summed E-state index contributed by atoms with van der Waals surface area (Å²) in [6.07, 6.45) is -6.27. The summed E-state index contributed by atoms with van der Waals surface area (Å²) < 4.78 is 85.3. The number of aromatic nitrogens is 1. The lowest BCUT2D eigenvalue weighted by Gasteiger charge is -2.27. The van der Waals surface area contributed by atoms with Crippen molar-refractivity contribution in [1.29, 1.82) is 0 Å². The van der Waals surface area contributed by atoms with Crippen molar-refractivity contribution in [3.05, 3.63) is 53.4 Å². The van der Waals surface area contributed by atoms with E-state index in [0.717, 1.165) is 25.1 Å². The molecule has 3 atom stereocenters. The number of ether oxygens (including phenoxy) is 3. The van der Waals surface area contributed by atoms with E-state index in [-0.39, 0.29) is 30.2 Å². The van der Waals surface area contributed by atoms with Gasteiger partial charge in [-0.05, 0) is 31.5 Å². The molecule has 13 heteroatoms. The van der Waals surface area contributed by atoms with Gasteiger partial charge in [-0.2, -0.15) is 17.6 Å². The van der Waals surface area contributed by atoms with Crippen molar-refractivity contribution < 1.29 is 45.8 Å². The van der Waals surface area contributed by atoms with Crippen LogP contribution in [0, 0.1) is 11.6 Å². The van der Waals surface area contributed by atoms with E-state index >= 15 is 0 Å². The predicted octanol–water partition coefficient (Wildman–Crippen LogP) is 3.32. The van der Waals surface area contributed by atoms with Gasteiger partial charge < -0.3 is 25.3 Å². The summed E-state index contributed by atoms with van der Waals surface area (Å²) in [5.74, 6) is -6.61. The summed E-state index contributed by atoms with van der Waals surface area (Å²) in [5, 5.41) is 2.36. The van der Waals surface area contributed by atoms with Gasteiger partial charge >= 0.3 is 6.18 Å². The third kappa shape index (κ3) is 5.51. The molecule has 0 aliphatic carbocycles. The number of carbonyl (C=O) groups excluding carboxylic acids is 2. The van der Waals surface area contributed by atoms with Crippen LogP contribution in [0.15, 0.2) is 30.5 Å². The second-order valence-electron chi connectivity index (χ2n) is 7.98. The highest BCUT2D eigenvalue weighted by Crippen LogP contribution is 2.51. The number of amides is 2. The van der Waals surface area contributed by atoms with E-state index in [1.54, 1.807) is 0 Å². The second kappa shape index (κ2) is 10.1. The number of pyridine rings is 1. The Labute approximate surface area is 196 Å². The molecular weight excluding hydrogens is 481 g/mol. The van der Waals surface area contributed by atoms with Crippen LogP contribution in [0.5, 0.6) is 5.75 Å². The highest BCUT2D eigenvalue weighted by atomic mass is 19.4. The molecule has 2 amide bonds. The number of halogens is 5. The van der Waals surface area contributed by atoms with Gasteiger partial charge in [0.25, 0.3) is 11.8 Å². The smallest absolute Gasteiger partial charge is 0.417 e. The fraction of sp³-hybridized carbons (Fsp3) is 0.409. The minimum absolute atomic E-state index is 0.00895. The van der Waals surface area contributed by atoms with Crippen LogP contribution in [0.2, 0.25) is 0 Å². The van der Waals surface area contributed by atoms with Gasteiger partial charge in [-0.15, -0.1) is 0 Å². The van der Waals surface area contributed by atoms with Gasteiger partial charge in [0, 0.05) is 30.5 Å². The molecule has 1 saturated heterocycles. The van der Waals surface area contributed by atoms with Crippen LogP contribution in [0.3, 0.4) is 0 Å². The minimum Gasteiger partial charge on any atom is -0.488 e. The molecule has 8 nitrogen and oxygen atoms in total. The average Bonchev–Trinajstić information content (AvgIpc) is 3.16. The van der Waals surface area contributed by atoms with E-state index in [0.29, 0.717) is 0 Å². The Morgan fingerprint density at radius 3 is 2.60 bits per heavy atom. The zero-order chi connectivity index (χ0) is 26.0. The molecule has 1 aromatic heterocycles. The molecule has 0 spiro atoms. The molecule has 1 fully saturated rings. The molecule has 0 radical (unpaired) electrons. The van der Waals surface area contributed by atoms with Crippen molar-refractivity contribution in [3.8, 4) is 5.75 Å². The number of nitrogens with two attached hydrogens (primary N) is 1. The number of primary amides is 1. The molecule has 0 bridgehead atoms. The number of anilines is 1. The quantitative estimate of drug-likeness (QED) is 0.422. The first kappa shape index (κ1) is 26.3. The first-order valence-electron chi connectivity index (χ1n) is 10.3. The molecule has 3 N–H and O–H groups in total. The summed E-state index contributed by atoms with van der Waals surface area (Å²) in [6.45, 7) is 0.527. The van der Waals surface area contributed by atoms with Crippen molar-refractivity contribution in [2.75, 3.05) is 25.6 Å². The number of benzene rings is 1. The Kier molecular flexibility index (Phi) is 7.60. The summed E-state index contributed by atoms with van der Waals surface area (Å²) in [6, 6.07) is 4.20. The minimum atomic E-state index is -4.88. The van der Waals surface area contributed by atoms with Gasteiger partial charge in [0.05, 0.1) is 6.61 Å². The van der Waals surface area contributed by atoms with Crippen LogP contribution < -0.4 is 15.8 Å². The Hall–Kier alpha value is -3.32. The zero-order valence-electron chi connectivity index (χ0n) is 18.6. The average molecular weight is 503 g/mol. The van der Waals surface area contributed by atoms with E-state index in [1.165, 1.54) is 19.4 Å². The number of nitrogens with zero attached hydrogens (tertiary/aromatic N) is 1. The first-order valence-corrected chi connectivity index (χ1v) is 10.3. The normalized spacial score (nSPS) is 22.1. The maximum absolute atomic E-state index is 14.6. The highest BCUT2D eigenvalue weighted by Gasteiger charge is 2.61. The van der Waals surface area contributed by atoms with Gasteiger partial charge in [-0.1, -0.05) is 6.07 Å². The third-order valence-electron chi connectivity index (χ3n) is 5.51. The molecule has 3 rings (SSSR count). The number of nitrogens with one attached hydrogen (secondary N) is 1. The van der Waals surface area contributed by atoms with E-state index < -0.39 is 59.4 Å². The SMILES string of the molecule is COCCOc1c(C2C[C@](C)(C(F)(F)F)OC2C(=O)Nc2ccnc(C(N)=O)c2)ccc(F)c1F. The Balaban J connectivity index is 2.01. The molecule has 35 heavy (non-hydrogen) atoms. The lowest BCUT2D eigenvalue weighted by atomic mass is 9.85. The van der Waals surface area contributed by atoms with Crippen molar-refractivity contribution in [1.82, 2.24) is 4.98 Å². The van der Waals surface area contributed by atoms with Gasteiger partial charge in [0.2, 0.25) is 5.82 Å². The van der Waals surface area contributed by atoms with E-state index in [4.69, 9.17) is 19.9 Å². The molecule has 1 aliphatic rings. The first-order chi connectivity index (χ1) is 16.4. The largest absolute Gasteiger partial charge is 0.488 e. The topological polar surface area (TPSA) is 113 Å². The monoisotopic (exact) mass is 503 g/mol. The fourth-order valence-corrected chi connectivity index (χ4v) is 3.70. The third-order valence-corrected chi connectivity index (χ3v) is 5.51. The molecule has 2 aromatic rings. The molecule has 1 aromatic carbocycles. The van der Waals surface area contributed by atoms with Gasteiger partial charge in [0.1, 0.15) is 18.4 Å². The van der Waals surface area contributed by atoms with Crippen LogP contribution in [-0.4, -0.2) is 55.0 Å². The summed E-state index contributed by atoms with van der Waals surface area (Å²) in [4.78, 5) is 28.1. The fourth-order valence-electron chi connectivity index (χ4n) is 3.70. The van der Waals surface area contributed by atoms with Crippen molar-refractivity contribution in [2.45, 2.75) is 37.1 Å². The highest BCUT2D eigenvalue weighted by molar-refractivity contribution is 5.97. The molecular formula is C22H22F5N3O5. The maximum atomic E-state index is 14.6. The van der Waals surface area contributed by atoms with E-state index in [9.17, 15) is 31.5 Å². The Bertz CT molecular complexity index is 1110. The molecule has 2 heterocycles. The Morgan fingerprint density at radius 1 is 1.26 bits per heavy atom. The predicted molar refractivity (Wildman–Crippen MR) is 112 cm³/mol. The zero-order valence-corrected chi connectivity index (χ0v) is 18.6. The molecule has 2 unspecified atom stereocenters. The van der Waals surface area contributed by atoms with Crippen molar-refractivity contribution >= 4 is 17.5 Å². The van der Waals surface area contributed by atoms with Crippen molar-refractivity contribution in [3.63, 3.8) is 0 Å². The number of methoxy groups -OCH3 is 1. The summed E-state index contributed by atoms with van der Waals surface area (Å²) >= 11 is 0. The maximum Gasteiger partial charge on any atom is 0.417 e. The second-order valence-corrected chi connectivity index (χ2v) is 7.98. The lowest BCUT2D eigenvalue weighted by Crippen LogP contribution is -2.43. The number of carbonyl (C=O) groups is 2. The van der Waals surface area contributed by atoms with E-state index in [2.05, 4.69) is 10.3 Å². The van der Waals surface area contributed by atoms with Crippen LogP contribution in [-0.2, 0) is 14.3 Å². The summed E-state index contributed by atoms with van der Waals surface area (Å²) in [5.41, 5.74) is 2.03. The summed E-state index contributed by atoms with van der Waals surface area (Å²) in [7, 11) is 1.34. The van der Waals surface area contributed by atoms with Gasteiger partial charge in [0.15, 0.2) is 17.2 Å². The van der Waals surface area contributed by atoms with E-state index in [1.807, 2.05) is 0 Å². The van der Waals surface area contributed by atoms with Crippen LogP contribution >= 0.6 is 0 Å². The van der Waals surface area contributed by atoms with Crippen LogP contribution in [0.4, 0.5) is 27.6 Å². The van der Waals surface area contributed by atoms with Gasteiger partial charge in [-0.3, -0.25) is 14.6 Å². The Morgan fingerprint density at radius 2 is 1.97 bits per heavy atom. The number of hydrogen-bond donors (Lipinski definition) is 2. The number of hydrogen-bond acceptors (Lipinski definition) is 6. The lowest BCUT2D eigenvalue weighted by molar-refractivity contribution is -0.261. The molecule has 190 valence electrons. The standard InChI is InChI=1S/C22H22F5N3O5/c1-21(22(25,26)27)10-13(12-3-4-14(23)16(24)17(12)34-8-7-33-2)18(35-21)20(32)30-11-5-6-29-15(9-11)19(28)31/h3-6,9,13,18H,7-8,10H2,1-2H3,(H2,28,31)(H,29,30,32)/t13?,18?,21-/m1/s1. The molecule has 1 aliphatic heterocycles. The molecule has 0 saturated carbocycles. The van der Waals surface area contributed by atoms with Crippen LogP contribution in [0.1, 0.15) is 35.3 Å².